The molecule has 46 heavy (non-hydrogen) atoms. The van der Waals surface area contributed by atoms with Crippen LogP contribution >= 0.6 is 11.6 Å². The van der Waals surface area contributed by atoms with Crippen molar-refractivity contribution in [2.45, 2.75) is 37.5 Å². The second kappa shape index (κ2) is 12.3. The summed E-state index contributed by atoms with van der Waals surface area (Å²) in [5, 5.41) is 19.9. The van der Waals surface area contributed by atoms with Crippen LogP contribution in [-0.2, 0) is 6.18 Å². The molecule has 2 atom stereocenters. The van der Waals surface area contributed by atoms with Gasteiger partial charge >= 0.3 is 18.3 Å². The second-order valence-corrected chi connectivity index (χ2v) is 11.6. The summed E-state index contributed by atoms with van der Waals surface area (Å²) in [7, 11) is 1.95. The van der Waals surface area contributed by atoms with Crippen LogP contribution in [-0.4, -0.2) is 92.4 Å². The van der Waals surface area contributed by atoms with Gasteiger partial charge in [0.1, 0.15) is 12.1 Å². The number of amides is 1. The topological polar surface area (TPSA) is 141 Å². The van der Waals surface area contributed by atoms with E-state index >= 15 is 0 Å². The molecular weight excluding hydrogens is 629 g/mol. The molecule has 0 spiro atoms. The molecule has 0 aliphatic carbocycles. The van der Waals surface area contributed by atoms with E-state index in [1.165, 1.54) is 23.1 Å². The van der Waals surface area contributed by atoms with E-state index in [0.717, 1.165) is 24.3 Å². The second-order valence-electron chi connectivity index (χ2n) is 11.2. The Morgan fingerprint density at radius 3 is 2.54 bits per heavy atom. The number of carbonyl (C=O) groups is 1. The summed E-state index contributed by atoms with van der Waals surface area (Å²) < 4.78 is 50.8. The number of alkyl halides is 3. The van der Waals surface area contributed by atoms with Crippen LogP contribution in [0.3, 0.4) is 0 Å². The summed E-state index contributed by atoms with van der Waals surface area (Å²) >= 11 is 6.45. The Balaban J connectivity index is 1.58. The molecule has 12 nitrogen and oxygen atoms in total. The highest BCUT2D eigenvalue weighted by Gasteiger charge is 2.40. The van der Waals surface area contributed by atoms with Crippen molar-refractivity contribution in [2.75, 3.05) is 44.7 Å². The highest BCUT2D eigenvalue weighted by atomic mass is 35.5. The minimum absolute atomic E-state index is 0.0101. The first-order valence-corrected chi connectivity index (χ1v) is 14.9. The first-order valence-electron chi connectivity index (χ1n) is 14.5. The number of rotatable bonds is 6. The van der Waals surface area contributed by atoms with Crippen molar-refractivity contribution in [3.05, 3.63) is 57.6 Å². The SMILES string of the molecule is CN1CCC[C@H]1COc1nc(N2CCN(C(=O)O)[C@@H](CC#N)C2)c2nc(C(F)(F)F)n(-c3cccc4cccc(Cl)c34)c(=O)c2n1. The van der Waals surface area contributed by atoms with Gasteiger partial charge in [0.05, 0.1) is 29.2 Å². The number of hydrogen-bond acceptors (Lipinski definition) is 9. The van der Waals surface area contributed by atoms with Gasteiger partial charge in [0, 0.05) is 31.1 Å². The number of fused-ring (bicyclic) bond motifs is 2. The van der Waals surface area contributed by atoms with Crippen molar-refractivity contribution in [2.24, 2.45) is 0 Å². The lowest BCUT2D eigenvalue weighted by Crippen LogP contribution is -2.55. The number of benzene rings is 2. The van der Waals surface area contributed by atoms with E-state index in [1.807, 2.05) is 13.1 Å². The smallest absolute Gasteiger partial charge is 0.450 e. The largest absolute Gasteiger partial charge is 0.465 e. The van der Waals surface area contributed by atoms with Gasteiger partial charge in [-0.15, -0.1) is 0 Å². The van der Waals surface area contributed by atoms with Crippen LogP contribution in [0.5, 0.6) is 6.01 Å². The van der Waals surface area contributed by atoms with Gasteiger partial charge in [0.15, 0.2) is 11.3 Å². The molecule has 2 aromatic heterocycles. The summed E-state index contributed by atoms with van der Waals surface area (Å²) in [5.41, 5.74) is -2.10. The van der Waals surface area contributed by atoms with E-state index in [4.69, 9.17) is 16.3 Å². The number of nitrogens with zero attached hydrogens (tertiary/aromatic N) is 8. The zero-order chi connectivity index (χ0) is 32.7. The molecule has 2 aliphatic heterocycles. The Morgan fingerprint density at radius 2 is 1.87 bits per heavy atom. The first-order chi connectivity index (χ1) is 22.0. The van der Waals surface area contributed by atoms with Crippen molar-refractivity contribution in [3.63, 3.8) is 0 Å². The number of nitriles is 1. The Kier molecular flexibility index (Phi) is 8.34. The molecule has 240 valence electrons. The number of anilines is 1. The van der Waals surface area contributed by atoms with Gasteiger partial charge in [0.2, 0.25) is 5.82 Å². The summed E-state index contributed by atoms with van der Waals surface area (Å²) in [6.45, 7) is 0.910. The molecule has 0 radical (unpaired) electrons. The Labute approximate surface area is 265 Å². The summed E-state index contributed by atoms with van der Waals surface area (Å²) in [6, 6.07) is 10.3. The van der Waals surface area contributed by atoms with E-state index < -0.39 is 40.7 Å². The van der Waals surface area contributed by atoms with E-state index in [2.05, 4.69) is 19.9 Å². The van der Waals surface area contributed by atoms with Crippen molar-refractivity contribution in [3.8, 4) is 17.8 Å². The predicted molar refractivity (Wildman–Crippen MR) is 163 cm³/mol. The van der Waals surface area contributed by atoms with Crippen LogP contribution in [0.25, 0.3) is 27.5 Å². The lowest BCUT2D eigenvalue weighted by molar-refractivity contribution is -0.146. The van der Waals surface area contributed by atoms with E-state index in [9.17, 15) is 33.1 Å². The lowest BCUT2D eigenvalue weighted by Gasteiger charge is -2.39. The third-order valence-corrected chi connectivity index (χ3v) is 8.75. The summed E-state index contributed by atoms with van der Waals surface area (Å²) in [6.07, 6.45) is -4.67. The molecule has 1 N–H and O–H groups in total. The van der Waals surface area contributed by atoms with Gasteiger partial charge in [-0.1, -0.05) is 35.9 Å². The van der Waals surface area contributed by atoms with Gasteiger partial charge in [-0.2, -0.15) is 28.4 Å². The molecule has 2 aliphatic rings. The molecule has 2 fully saturated rings. The number of likely N-dealkylation sites (tertiary alicyclic amines) is 1. The normalized spacial score (nSPS) is 19.1. The highest BCUT2D eigenvalue weighted by Crippen LogP contribution is 2.36. The maximum atomic E-state index is 14.8. The maximum absolute atomic E-state index is 14.8. The third-order valence-electron chi connectivity index (χ3n) is 8.44. The number of carboxylic acid groups (broad SMARTS) is 1. The van der Waals surface area contributed by atoms with Gasteiger partial charge in [-0.25, -0.2) is 9.78 Å². The van der Waals surface area contributed by atoms with Crippen LogP contribution < -0.4 is 15.2 Å². The maximum Gasteiger partial charge on any atom is 0.450 e. The molecule has 6 rings (SSSR count). The van der Waals surface area contributed by atoms with Crippen LogP contribution in [0.1, 0.15) is 25.1 Å². The van der Waals surface area contributed by atoms with Crippen LogP contribution in [0, 0.1) is 11.3 Å². The molecule has 0 saturated carbocycles. The number of likely N-dealkylation sites (N-methyl/N-ethyl adjacent to an activating group) is 1. The molecule has 0 bridgehead atoms. The fourth-order valence-electron chi connectivity index (χ4n) is 6.13. The fraction of sp³-hybridized carbons (Fsp3) is 0.400. The minimum atomic E-state index is -5.10. The van der Waals surface area contributed by atoms with Gasteiger partial charge in [0.25, 0.3) is 5.56 Å². The molecule has 1 amide bonds. The first kappa shape index (κ1) is 31.3. The van der Waals surface area contributed by atoms with Crippen LogP contribution in [0.2, 0.25) is 5.02 Å². The Morgan fingerprint density at radius 1 is 1.11 bits per heavy atom. The molecule has 2 aromatic carbocycles. The molecular formula is C30H28ClF3N8O4. The number of piperazine rings is 1. The van der Waals surface area contributed by atoms with Crippen molar-refractivity contribution >= 4 is 45.3 Å². The molecule has 2 saturated heterocycles. The summed E-state index contributed by atoms with van der Waals surface area (Å²) in [5.74, 6) is -1.64. The van der Waals surface area contributed by atoms with Gasteiger partial charge < -0.3 is 24.5 Å². The Bertz CT molecular complexity index is 1930. The number of aromatic nitrogens is 4. The zero-order valence-electron chi connectivity index (χ0n) is 24.5. The van der Waals surface area contributed by atoms with Crippen LogP contribution in [0.4, 0.5) is 23.8 Å². The van der Waals surface area contributed by atoms with Crippen molar-refractivity contribution < 1.29 is 27.8 Å². The monoisotopic (exact) mass is 656 g/mol. The molecule has 0 unspecified atom stereocenters. The quantitative estimate of drug-likeness (QED) is 0.314. The number of ether oxygens (including phenoxy) is 1. The lowest BCUT2D eigenvalue weighted by atomic mass is 10.1. The van der Waals surface area contributed by atoms with Crippen molar-refractivity contribution in [1.82, 2.24) is 29.3 Å². The van der Waals surface area contributed by atoms with Crippen molar-refractivity contribution in [1.29, 1.82) is 5.26 Å². The zero-order valence-corrected chi connectivity index (χ0v) is 25.3. The van der Waals surface area contributed by atoms with Gasteiger partial charge in [-0.05, 0) is 44.0 Å². The highest BCUT2D eigenvalue weighted by molar-refractivity contribution is 6.36. The van der Waals surface area contributed by atoms with E-state index in [1.54, 1.807) is 18.2 Å². The minimum Gasteiger partial charge on any atom is -0.465 e. The average Bonchev–Trinajstić information content (AvgIpc) is 3.43. The van der Waals surface area contributed by atoms with Crippen LogP contribution in [0.15, 0.2) is 41.2 Å². The molecule has 16 heteroatoms. The third kappa shape index (κ3) is 5.74. The number of hydrogen-bond donors (Lipinski definition) is 1. The van der Waals surface area contributed by atoms with E-state index in [0.29, 0.717) is 9.95 Å². The average molecular weight is 657 g/mol. The summed E-state index contributed by atoms with van der Waals surface area (Å²) in [4.78, 5) is 43.5. The number of halogens is 4. The van der Waals surface area contributed by atoms with Gasteiger partial charge in [-0.3, -0.25) is 9.36 Å². The van der Waals surface area contributed by atoms with E-state index in [-0.39, 0.29) is 66.6 Å². The molecule has 4 heterocycles. The predicted octanol–water partition coefficient (Wildman–Crippen LogP) is 4.56. The molecule has 4 aromatic rings. The standard InChI is InChI=1S/C30H28ClF3N8O4/c1-39-12-4-7-19(39)16-46-28-37-24-23(25(38-28)40-13-14-41(29(44)45)18(15-40)10-11-35)36-27(30(32,33)34)42(26(24)43)21-9-3-6-17-5-2-8-20(31)22(17)21/h2-3,5-6,8-9,18-19H,4,7,10,12-16H2,1H3,(H,44,45)/t18-,19-/m0/s1. The fourth-order valence-corrected chi connectivity index (χ4v) is 6.41. The Hall–Kier alpha value is -4.68.